The van der Waals surface area contributed by atoms with Crippen molar-refractivity contribution in [2.75, 3.05) is 7.11 Å². The number of carbonyl (C=O) groups is 1. The van der Waals surface area contributed by atoms with E-state index in [4.69, 9.17) is 22.1 Å². The maximum Gasteiger partial charge on any atom is 0.306 e. The van der Waals surface area contributed by atoms with Gasteiger partial charge in [-0.3, -0.25) is 4.79 Å². The Bertz CT molecular complexity index is 399. The zero-order valence-electron chi connectivity index (χ0n) is 10.4. The highest BCUT2D eigenvalue weighted by molar-refractivity contribution is 6.31. The first-order chi connectivity index (χ1) is 7.86. The van der Waals surface area contributed by atoms with Crippen LogP contribution in [0.2, 0.25) is 5.02 Å². The van der Waals surface area contributed by atoms with Gasteiger partial charge >= 0.3 is 5.97 Å². The van der Waals surface area contributed by atoms with Gasteiger partial charge < -0.3 is 10.5 Å². The third-order valence-electron chi connectivity index (χ3n) is 2.78. The molecule has 1 aromatic carbocycles. The Hall–Kier alpha value is -1.06. The van der Waals surface area contributed by atoms with E-state index in [0.29, 0.717) is 5.02 Å². The van der Waals surface area contributed by atoms with Crippen LogP contribution >= 0.6 is 11.6 Å². The van der Waals surface area contributed by atoms with Gasteiger partial charge in [-0.25, -0.2) is 0 Å². The molecule has 0 aliphatic heterocycles. The average molecular weight is 256 g/mol. The number of esters is 1. The Kier molecular flexibility index (Phi) is 4.54. The van der Waals surface area contributed by atoms with Gasteiger partial charge in [0.15, 0.2) is 0 Å². The summed E-state index contributed by atoms with van der Waals surface area (Å²) in [5.74, 6) is -0.447. The smallest absolute Gasteiger partial charge is 0.306 e. The Balaban J connectivity index is 3.07. The van der Waals surface area contributed by atoms with Crippen LogP contribution in [0.25, 0.3) is 0 Å². The maximum absolute atomic E-state index is 11.4. The Morgan fingerprint density at radius 2 is 2.06 bits per heavy atom. The number of methoxy groups -OCH3 is 1. The number of carbonyl (C=O) groups excluding carboxylic acids is 1. The molecule has 0 aromatic heterocycles. The molecule has 0 aliphatic carbocycles. The standard InChI is InChI=1S/C13H18ClNO2/c1-13(2,15)10(8-12(16)17-3)9-6-4-5-7-11(9)14/h4-7,10H,8,15H2,1-3H3. The van der Waals surface area contributed by atoms with Gasteiger partial charge in [0.2, 0.25) is 0 Å². The van der Waals surface area contributed by atoms with E-state index < -0.39 is 5.54 Å². The molecular formula is C13H18ClNO2. The molecule has 94 valence electrons. The summed E-state index contributed by atoms with van der Waals surface area (Å²) in [6.07, 6.45) is 0.226. The molecule has 2 N–H and O–H groups in total. The van der Waals surface area contributed by atoms with E-state index >= 15 is 0 Å². The SMILES string of the molecule is COC(=O)CC(c1ccccc1Cl)C(C)(C)N. The van der Waals surface area contributed by atoms with Gasteiger partial charge in [0.1, 0.15) is 0 Å². The summed E-state index contributed by atoms with van der Waals surface area (Å²) in [6.45, 7) is 3.76. The lowest BCUT2D eigenvalue weighted by Gasteiger charge is -2.30. The fraction of sp³-hybridized carbons (Fsp3) is 0.462. The van der Waals surface area contributed by atoms with Crippen molar-refractivity contribution >= 4 is 17.6 Å². The van der Waals surface area contributed by atoms with Crippen molar-refractivity contribution in [3.05, 3.63) is 34.9 Å². The summed E-state index contributed by atoms with van der Waals surface area (Å²) < 4.78 is 4.70. The molecule has 0 heterocycles. The molecule has 0 saturated carbocycles. The van der Waals surface area contributed by atoms with E-state index in [0.717, 1.165) is 5.56 Å². The second-order valence-electron chi connectivity index (χ2n) is 4.68. The predicted octanol–water partition coefficient (Wildman–Crippen LogP) is 2.72. The minimum Gasteiger partial charge on any atom is -0.469 e. The molecule has 0 spiro atoms. The molecule has 3 nitrogen and oxygen atoms in total. The molecule has 0 amide bonds. The zero-order chi connectivity index (χ0) is 13.1. The molecule has 4 heteroatoms. The van der Waals surface area contributed by atoms with Crippen molar-refractivity contribution in [1.29, 1.82) is 0 Å². The minimum atomic E-state index is -0.542. The highest BCUT2D eigenvalue weighted by Crippen LogP contribution is 2.34. The van der Waals surface area contributed by atoms with Gasteiger partial charge in [-0.1, -0.05) is 29.8 Å². The van der Waals surface area contributed by atoms with Crippen LogP contribution in [0.3, 0.4) is 0 Å². The first-order valence-electron chi connectivity index (χ1n) is 5.46. The third-order valence-corrected chi connectivity index (χ3v) is 3.12. The van der Waals surface area contributed by atoms with Crippen LogP contribution in [0.15, 0.2) is 24.3 Å². The van der Waals surface area contributed by atoms with Crippen molar-refractivity contribution in [3.63, 3.8) is 0 Å². The van der Waals surface area contributed by atoms with Crippen molar-refractivity contribution in [1.82, 2.24) is 0 Å². The number of benzene rings is 1. The predicted molar refractivity (Wildman–Crippen MR) is 69.1 cm³/mol. The molecule has 17 heavy (non-hydrogen) atoms. The first kappa shape index (κ1) is 14.0. The lowest BCUT2D eigenvalue weighted by atomic mass is 9.80. The van der Waals surface area contributed by atoms with Gasteiger partial charge in [-0.05, 0) is 25.5 Å². The Labute approximate surface area is 107 Å². The maximum atomic E-state index is 11.4. The second-order valence-corrected chi connectivity index (χ2v) is 5.08. The summed E-state index contributed by atoms with van der Waals surface area (Å²) in [6, 6.07) is 7.43. The molecule has 0 saturated heterocycles. The molecule has 0 bridgehead atoms. The van der Waals surface area contributed by atoms with Crippen LogP contribution in [0.5, 0.6) is 0 Å². The van der Waals surface area contributed by atoms with Crippen LogP contribution in [0.4, 0.5) is 0 Å². The highest BCUT2D eigenvalue weighted by Gasteiger charge is 2.30. The number of halogens is 1. The second kappa shape index (κ2) is 5.52. The first-order valence-corrected chi connectivity index (χ1v) is 5.84. The summed E-state index contributed by atoms with van der Waals surface area (Å²) in [5.41, 5.74) is 6.46. The molecule has 1 atom stereocenters. The third kappa shape index (κ3) is 3.72. The monoisotopic (exact) mass is 255 g/mol. The Morgan fingerprint density at radius 1 is 1.47 bits per heavy atom. The number of rotatable bonds is 4. The van der Waals surface area contributed by atoms with Crippen molar-refractivity contribution < 1.29 is 9.53 Å². The van der Waals surface area contributed by atoms with Crippen molar-refractivity contribution in [2.24, 2.45) is 5.73 Å². The van der Waals surface area contributed by atoms with Crippen molar-refractivity contribution in [2.45, 2.75) is 31.7 Å². The highest BCUT2D eigenvalue weighted by atomic mass is 35.5. The summed E-state index contributed by atoms with van der Waals surface area (Å²) in [5, 5.41) is 0.625. The van der Waals surface area contributed by atoms with Crippen LogP contribution < -0.4 is 5.73 Å². The fourth-order valence-electron chi connectivity index (χ4n) is 1.78. The van der Waals surface area contributed by atoms with Crippen LogP contribution in [0.1, 0.15) is 31.7 Å². The van der Waals surface area contributed by atoms with E-state index in [9.17, 15) is 4.79 Å². The molecular weight excluding hydrogens is 238 g/mol. The van der Waals surface area contributed by atoms with Crippen LogP contribution in [0, 0.1) is 0 Å². The van der Waals surface area contributed by atoms with E-state index in [1.165, 1.54) is 7.11 Å². The number of nitrogens with two attached hydrogens (primary N) is 1. The van der Waals surface area contributed by atoms with Gasteiger partial charge in [-0.2, -0.15) is 0 Å². The lowest BCUT2D eigenvalue weighted by molar-refractivity contribution is -0.141. The average Bonchev–Trinajstić information content (AvgIpc) is 2.25. The van der Waals surface area contributed by atoms with Gasteiger partial charge in [0.05, 0.1) is 13.5 Å². The quantitative estimate of drug-likeness (QED) is 0.842. The van der Waals surface area contributed by atoms with Gasteiger partial charge in [0.25, 0.3) is 0 Å². The van der Waals surface area contributed by atoms with E-state index in [-0.39, 0.29) is 18.3 Å². The fourth-order valence-corrected chi connectivity index (χ4v) is 2.05. The van der Waals surface area contributed by atoms with E-state index in [2.05, 4.69) is 0 Å². The van der Waals surface area contributed by atoms with Crippen molar-refractivity contribution in [3.8, 4) is 0 Å². The van der Waals surface area contributed by atoms with Gasteiger partial charge in [-0.15, -0.1) is 0 Å². The zero-order valence-corrected chi connectivity index (χ0v) is 11.1. The topological polar surface area (TPSA) is 52.3 Å². The number of hydrogen-bond acceptors (Lipinski definition) is 3. The van der Waals surface area contributed by atoms with Crippen LogP contribution in [-0.2, 0) is 9.53 Å². The summed E-state index contributed by atoms with van der Waals surface area (Å²) in [7, 11) is 1.37. The molecule has 1 rings (SSSR count). The van der Waals surface area contributed by atoms with E-state index in [1.54, 1.807) is 6.07 Å². The molecule has 0 radical (unpaired) electrons. The minimum absolute atomic E-state index is 0.163. The lowest BCUT2D eigenvalue weighted by Crippen LogP contribution is -2.40. The summed E-state index contributed by atoms with van der Waals surface area (Å²) >= 11 is 6.14. The summed E-state index contributed by atoms with van der Waals surface area (Å²) in [4.78, 5) is 11.4. The van der Waals surface area contributed by atoms with Crippen LogP contribution in [-0.4, -0.2) is 18.6 Å². The largest absolute Gasteiger partial charge is 0.469 e. The Morgan fingerprint density at radius 3 is 2.53 bits per heavy atom. The molecule has 0 aliphatic rings. The van der Waals surface area contributed by atoms with Gasteiger partial charge in [0, 0.05) is 16.5 Å². The molecule has 1 unspecified atom stereocenters. The molecule has 0 fully saturated rings. The molecule has 1 aromatic rings. The number of ether oxygens (including phenoxy) is 1. The van der Waals surface area contributed by atoms with E-state index in [1.807, 2.05) is 32.0 Å². The normalized spacial score (nSPS) is 13.2. The number of hydrogen-bond donors (Lipinski definition) is 1.